The van der Waals surface area contributed by atoms with Gasteiger partial charge in [0.15, 0.2) is 0 Å². The molecule has 0 nitrogen and oxygen atoms in total. The summed E-state index contributed by atoms with van der Waals surface area (Å²) in [7, 11) is 0. The Hall–Kier alpha value is -0.780. The lowest BCUT2D eigenvalue weighted by Crippen LogP contribution is -1.62. The van der Waals surface area contributed by atoms with E-state index in [1.807, 2.05) is 44.2 Å². The van der Waals surface area contributed by atoms with E-state index in [1.54, 1.807) is 6.92 Å². The highest BCUT2D eigenvalue weighted by molar-refractivity contribution is 5.16. The SMILES string of the molecule is CC.[CH2]C.[CH2]c1ccccc1. The quantitative estimate of drug-likeness (QED) is 0.528. The van der Waals surface area contributed by atoms with Crippen LogP contribution in [0.1, 0.15) is 26.3 Å². The zero-order valence-corrected chi connectivity index (χ0v) is 7.80. The monoisotopic (exact) mass is 150 g/mol. The molecule has 0 N–H and O–H groups in total. The summed E-state index contributed by atoms with van der Waals surface area (Å²) < 4.78 is 0. The molecule has 2 radical (unpaired) electrons. The third-order valence-corrected chi connectivity index (χ3v) is 0.843. The molecule has 1 aromatic carbocycles. The van der Waals surface area contributed by atoms with E-state index in [0.717, 1.165) is 5.56 Å². The lowest BCUT2D eigenvalue weighted by Gasteiger charge is -1.82. The van der Waals surface area contributed by atoms with E-state index in [1.165, 1.54) is 0 Å². The average molecular weight is 150 g/mol. The van der Waals surface area contributed by atoms with E-state index in [-0.39, 0.29) is 0 Å². The van der Waals surface area contributed by atoms with Gasteiger partial charge in [0.05, 0.1) is 0 Å². The first kappa shape index (κ1) is 12.9. The van der Waals surface area contributed by atoms with E-state index < -0.39 is 0 Å². The summed E-state index contributed by atoms with van der Waals surface area (Å²) in [6.45, 7) is 12.7. The second-order valence-corrected chi connectivity index (χ2v) is 1.49. The second-order valence-electron chi connectivity index (χ2n) is 1.49. The van der Waals surface area contributed by atoms with Crippen molar-refractivity contribution in [3.05, 3.63) is 49.7 Å². The van der Waals surface area contributed by atoms with Crippen LogP contribution in [-0.2, 0) is 0 Å². The van der Waals surface area contributed by atoms with Gasteiger partial charge in [-0.1, -0.05) is 58.0 Å². The largest absolute Gasteiger partial charge is 0.0683 e. The third-order valence-electron chi connectivity index (χ3n) is 0.843. The Morgan fingerprint density at radius 2 is 1.27 bits per heavy atom. The predicted molar refractivity (Wildman–Crippen MR) is 53.3 cm³/mol. The van der Waals surface area contributed by atoms with Crippen molar-refractivity contribution in [1.29, 1.82) is 0 Å². The standard InChI is InChI=1S/C7H7.C2H6.C2H5/c1-7-5-3-2-4-6-7;2*1-2/h2-6H,1H2;1-2H3;1H2,2H3. The summed E-state index contributed by atoms with van der Waals surface area (Å²) in [6.07, 6.45) is 0. The van der Waals surface area contributed by atoms with Crippen LogP contribution < -0.4 is 0 Å². The molecule has 0 fully saturated rings. The van der Waals surface area contributed by atoms with Crippen molar-refractivity contribution in [2.75, 3.05) is 0 Å². The Kier molecular flexibility index (Phi) is 14.0. The minimum atomic E-state index is 1.07. The molecule has 0 heteroatoms. The highest BCUT2D eigenvalue weighted by Gasteiger charge is 1.72. The molecule has 0 aliphatic heterocycles. The van der Waals surface area contributed by atoms with E-state index in [2.05, 4.69) is 13.8 Å². The number of hydrogen-bond donors (Lipinski definition) is 0. The smallest absolute Gasteiger partial charge is 0.0238 e. The fraction of sp³-hybridized carbons (Fsp3) is 0.273. The molecular weight excluding hydrogens is 132 g/mol. The van der Waals surface area contributed by atoms with Gasteiger partial charge in [-0.3, -0.25) is 0 Å². The fourth-order valence-electron chi connectivity index (χ4n) is 0.478. The van der Waals surface area contributed by atoms with E-state index in [4.69, 9.17) is 0 Å². The summed E-state index contributed by atoms with van der Waals surface area (Å²) in [5.74, 6) is 0. The summed E-state index contributed by atoms with van der Waals surface area (Å²) >= 11 is 0. The van der Waals surface area contributed by atoms with Gasteiger partial charge in [-0.25, -0.2) is 0 Å². The van der Waals surface area contributed by atoms with Crippen LogP contribution in [0.2, 0.25) is 0 Å². The molecule has 0 amide bonds. The van der Waals surface area contributed by atoms with Crippen molar-refractivity contribution in [2.24, 2.45) is 0 Å². The van der Waals surface area contributed by atoms with Crippen molar-refractivity contribution in [3.63, 3.8) is 0 Å². The Labute approximate surface area is 71.3 Å². The molecule has 0 saturated carbocycles. The zero-order valence-electron chi connectivity index (χ0n) is 7.80. The van der Waals surface area contributed by atoms with Gasteiger partial charge in [0.1, 0.15) is 0 Å². The molecule has 0 aliphatic rings. The average Bonchev–Trinajstić information content (AvgIpc) is 2.13. The lowest BCUT2D eigenvalue weighted by atomic mass is 10.2. The lowest BCUT2D eigenvalue weighted by molar-refractivity contribution is 1.50. The number of hydrogen-bond acceptors (Lipinski definition) is 0. The highest BCUT2D eigenvalue weighted by atomic mass is 13.8. The normalized spacial score (nSPS) is 6.64. The van der Waals surface area contributed by atoms with Crippen LogP contribution in [0.5, 0.6) is 0 Å². The first-order valence-corrected chi connectivity index (χ1v) is 3.97. The Balaban J connectivity index is 0. The summed E-state index contributed by atoms with van der Waals surface area (Å²) in [5.41, 5.74) is 1.07. The summed E-state index contributed by atoms with van der Waals surface area (Å²) in [5, 5.41) is 0. The molecule has 0 atom stereocenters. The summed E-state index contributed by atoms with van der Waals surface area (Å²) in [6, 6.07) is 9.87. The van der Waals surface area contributed by atoms with E-state index >= 15 is 0 Å². The first-order valence-electron chi connectivity index (χ1n) is 3.97. The molecular formula is C11H18. The van der Waals surface area contributed by atoms with Crippen molar-refractivity contribution < 1.29 is 0 Å². The molecule has 0 unspecified atom stereocenters. The van der Waals surface area contributed by atoms with E-state index in [9.17, 15) is 0 Å². The Morgan fingerprint density at radius 1 is 0.909 bits per heavy atom. The van der Waals surface area contributed by atoms with Crippen LogP contribution in [0, 0.1) is 13.8 Å². The molecule has 11 heavy (non-hydrogen) atoms. The minimum Gasteiger partial charge on any atom is -0.0683 e. The van der Waals surface area contributed by atoms with Gasteiger partial charge in [-0.15, -0.1) is 0 Å². The Morgan fingerprint density at radius 3 is 1.45 bits per heavy atom. The van der Waals surface area contributed by atoms with Crippen molar-refractivity contribution in [3.8, 4) is 0 Å². The highest BCUT2D eigenvalue weighted by Crippen LogP contribution is 1.92. The van der Waals surface area contributed by atoms with Crippen LogP contribution in [0.25, 0.3) is 0 Å². The van der Waals surface area contributed by atoms with Gasteiger partial charge in [-0.2, -0.15) is 0 Å². The third kappa shape index (κ3) is 9.22. The molecule has 62 valence electrons. The second kappa shape index (κ2) is 12.0. The maximum Gasteiger partial charge on any atom is -0.0238 e. The van der Waals surface area contributed by atoms with Crippen LogP contribution >= 0.6 is 0 Å². The van der Waals surface area contributed by atoms with Crippen LogP contribution in [-0.4, -0.2) is 0 Å². The van der Waals surface area contributed by atoms with Crippen molar-refractivity contribution >= 4 is 0 Å². The molecule has 0 aromatic heterocycles. The zero-order chi connectivity index (χ0) is 9.11. The molecule has 1 aromatic rings. The number of rotatable bonds is 0. The topological polar surface area (TPSA) is 0 Å². The maximum absolute atomic E-state index is 3.72. The van der Waals surface area contributed by atoms with Crippen LogP contribution in [0.4, 0.5) is 0 Å². The molecule has 0 spiro atoms. The number of benzene rings is 1. The van der Waals surface area contributed by atoms with Crippen LogP contribution in [0.15, 0.2) is 30.3 Å². The molecule has 0 heterocycles. The first-order chi connectivity index (χ1) is 5.39. The van der Waals surface area contributed by atoms with Gasteiger partial charge in [-0.05, 0) is 12.5 Å². The predicted octanol–water partition coefficient (Wildman–Crippen LogP) is 3.74. The Bertz CT molecular complexity index is 130. The maximum atomic E-state index is 3.72. The van der Waals surface area contributed by atoms with Gasteiger partial charge >= 0.3 is 0 Å². The van der Waals surface area contributed by atoms with Gasteiger partial charge in [0.25, 0.3) is 0 Å². The van der Waals surface area contributed by atoms with Crippen LogP contribution in [0.3, 0.4) is 0 Å². The van der Waals surface area contributed by atoms with Gasteiger partial charge in [0.2, 0.25) is 0 Å². The fourth-order valence-corrected chi connectivity index (χ4v) is 0.478. The molecule has 0 saturated heterocycles. The van der Waals surface area contributed by atoms with Crippen molar-refractivity contribution in [1.82, 2.24) is 0 Å². The summed E-state index contributed by atoms with van der Waals surface area (Å²) in [4.78, 5) is 0. The minimum absolute atomic E-state index is 1.07. The molecule has 1 rings (SSSR count). The molecule has 0 bridgehead atoms. The van der Waals surface area contributed by atoms with Crippen molar-refractivity contribution in [2.45, 2.75) is 20.8 Å². The van der Waals surface area contributed by atoms with Gasteiger partial charge in [0, 0.05) is 0 Å². The van der Waals surface area contributed by atoms with Gasteiger partial charge < -0.3 is 0 Å². The van der Waals surface area contributed by atoms with E-state index in [0.29, 0.717) is 0 Å². The molecule has 0 aliphatic carbocycles.